The van der Waals surface area contributed by atoms with Gasteiger partial charge in [0.15, 0.2) is 0 Å². The van der Waals surface area contributed by atoms with E-state index in [2.05, 4.69) is 176 Å². The second-order valence-electron chi connectivity index (χ2n) is 15.6. The van der Waals surface area contributed by atoms with Gasteiger partial charge in [0.2, 0.25) is 0 Å². The molecule has 57 heavy (non-hydrogen) atoms. The maximum absolute atomic E-state index is 4.53. The summed E-state index contributed by atoms with van der Waals surface area (Å²) in [6, 6.07) is 21.2. The second-order valence-corrected chi connectivity index (χ2v) is 19.4. The number of nitrogens with one attached hydrogen (secondary N) is 1. The number of hydrogen-bond acceptors (Lipinski definition) is 6. The van der Waals surface area contributed by atoms with Crippen LogP contribution < -0.4 is 5.32 Å². The average Bonchev–Trinajstić information content (AvgIpc) is 3.72. The monoisotopic (exact) mass is 912 g/mol. The van der Waals surface area contributed by atoms with Gasteiger partial charge in [-0.25, -0.2) is 0 Å². The Hall–Kier alpha value is -1.24. The molecule has 0 aromatic heterocycles. The first-order chi connectivity index (χ1) is 27.6. The predicted molar refractivity (Wildman–Crippen MR) is 254 cm³/mol. The van der Waals surface area contributed by atoms with Gasteiger partial charge in [-0.05, 0) is 110 Å². The van der Waals surface area contributed by atoms with Crippen molar-refractivity contribution in [3.05, 3.63) is 110 Å². The number of fused-ring (bicyclic) bond motifs is 2. The Labute approximate surface area is 368 Å². The van der Waals surface area contributed by atoms with Gasteiger partial charge in [0.25, 0.3) is 0 Å². The van der Waals surface area contributed by atoms with Crippen molar-refractivity contribution in [3.63, 3.8) is 0 Å². The third-order valence-corrected chi connectivity index (χ3v) is 13.8. The molecule has 3 fully saturated rings. The second kappa shape index (κ2) is 33.5. The molecule has 0 spiro atoms. The van der Waals surface area contributed by atoms with Crippen LogP contribution in [-0.2, 0) is 17.3 Å². The Morgan fingerprint density at radius 3 is 1.70 bits per heavy atom. The van der Waals surface area contributed by atoms with Crippen LogP contribution in [0.1, 0.15) is 99.1 Å². The topological polar surface area (TPSA) is 28.2 Å². The van der Waals surface area contributed by atoms with Crippen LogP contribution in [0.3, 0.4) is 0 Å². The quantitative estimate of drug-likeness (QED) is 0.0593. The minimum atomic E-state index is -0.483. The van der Waals surface area contributed by atoms with Crippen molar-refractivity contribution < 1.29 is 17.3 Å². The summed E-state index contributed by atoms with van der Waals surface area (Å²) >= 11 is 2.02. The summed E-state index contributed by atoms with van der Waals surface area (Å²) in [6.07, 6.45) is 18.8. The van der Waals surface area contributed by atoms with Gasteiger partial charge in [-0.3, -0.25) is 18.4 Å². The summed E-state index contributed by atoms with van der Waals surface area (Å²) in [5.74, 6) is 0. The van der Waals surface area contributed by atoms with Crippen LogP contribution in [0.25, 0.3) is 12.2 Å². The maximum atomic E-state index is 4.53. The van der Waals surface area contributed by atoms with Gasteiger partial charge < -0.3 is 20.0 Å². The van der Waals surface area contributed by atoms with Gasteiger partial charge >= 0.3 is 27.0 Å². The minimum absolute atomic E-state index is 0.447. The Balaban J connectivity index is 0.000000403. The SMILES string of the molecule is C=C/C=C/c1ccccc1.CCCN(CCC)C(C)/C=C/c1ccccc1.CCCNCCC.[CH2-]N1CCN2CCN3CCN([PH+](C(C)C)C(C)C)C3[CH-]C12.[Cl][Rh+2]. The fourth-order valence-corrected chi connectivity index (χ4v) is 11.3. The Morgan fingerprint density at radius 2 is 1.23 bits per heavy atom. The van der Waals surface area contributed by atoms with Crippen LogP contribution in [0.4, 0.5) is 0 Å². The summed E-state index contributed by atoms with van der Waals surface area (Å²) in [7, 11) is 8.29. The Kier molecular flexibility index (Phi) is 31.6. The molecule has 0 radical (unpaired) electrons. The third kappa shape index (κ3) is 21.2. The van der Waals surface area contributed by atoms with E-state index >= 15 is 0 Å². The standard InChI is InChI=1S/C16H31N4P.C16H25N.C10H10.C6H15N.ClH.Rh/c1-13(2)21(14(3)4)20-11-10-19-9-8-18-7-6-17(5)15(18)12-16(19)20;1-4-13-17(14-5-2)15(3)11-12-16-9-7-6-8-10-16;1-2-3-7-10-8-5-4-6-9-10;1-3-5-7-6-4-2;;/h12-16H,5-11H2,1-4H3;6-12,15H,4-5,13-14H2,1-3H3;2-9H,1H2;7H,3-6H2,1-2H3;1H;/q-2;;;;;+3/b;12-11+;7-3+;;;. The number of nitrogens with zero attached hydrogens (tertiary/aromatic N) is 5. The van der Waals surface area contributed by atoms with Crippen molar-refractivity contribution in [1.82, 2.24) is 29.6 Å². The van der Waals surface area contributed by atoms with Crippen molar-refractivity contribution in [1.29, 1.82) is 0 Å². The summed E-state index contributed by atoms with van der Waals surface area (Å²) < 4.78 is 2.86. The van der Waals surface area contributed by atoms with Crippen molar-refractivity contribution >= 4 is 29.9 Å². The van der Waals surface area contributed by atoms with Gasteiger partial charge in [-0.2, -0.15) is 4.67 Å². The van der Waals surface area contributed by atoms with E-state index < -0.39 is 8.07 Å². The molecule has 5 rings (SSSR count). The van der Waals surface area contributed by atoms with Crippen LogP contribution in [0.15, 0.2) is 85.5 Å². The van der Waals surface area contributed by atoms with Crippen LogP contribution in [0.5, 0.6) is 0 Å². The van der Waals surface area contributed by atoms with Gasteiger partial charge in [0, 0.05) is 38.8 Å². The number of benzene rings is 2. The van der Waals surface area contributed by atoms with E-state index in [1.807, 2.05) is 47.7 Å². The number of halogens is 1. The molecule has 3 heterocycles. The Morgan fingerprint density at radius 1 is 0.754 bits per heavy atom. The van der Waals surface area contributed by atoms with Crippen molar-refractivity contribution in [2.24, 2.45) is 0 Å². The zero-order chi connectivity index (χ0) is 42.4. The number of hydrogen-bond donors (Lipinski definition) is 1. The van der Waals surface area contributed by atoms with Crippen LogP contribution >= 0.6 is 17.8 Å². The molecule has 3 atom stereocenters. The van der Waals surface area contributed by atoms with E-state index in [0.29, 0.717) is 18.4 Å². The molecule has 0 aliphatic carbocycles. The van der Waals surface area contributed by atoms with Crippen LogP contribution in [-0.4, -0.2) is 119 Å². The molecule has 3 aliphatic rings. The summed E-state index contributed by atoms with van der Waals surface area (Å²) in [6.45, 7) is 36.3. The number of allylic oxidation sites excluding steroid dienone is 2. The van der Waals surface area contributed by atoms with Crippen LogP contribution in [0, 0.1) is 13.5 Å². The van der Waals surface area contributed by atoms with Gasteiger partial charge in [-0.1, -0.05) is 131 Å². The molecule has 0 bridgehead atoms. The van der Waals surface area contributed by atoms with E-state index in [1.54, 1.807) is 6.08 Å². The van der Waals surface area contributed by atoms with E-state index in [1.165, 1.54) is 95.7 Å². The number of rotatable bonds is 16. The molecule has 0 saturated carbocycles. The zero-order valence-electron chi connectivity index (χ0n) is 37.4. The first-order valence-electron chi connectivity index (χ1n) is 21.8. The predicted octanol–water partition coefficient (Wildman–Crippen LogP) is 11.0. The molecule has 324 valence electrons. The molecule has 3 aliphatic heterocycles. The third-order valence-electron chi connectivity index (χ3n) is 10.3. The molecule has 3 unspecified atom stereocenters. The first kappa shape index (κ1) is 53.8. The molecular formula is C48H82ClN6PRh+. The van der Waals surface area contributed by atoms with E-state index in [4.69, 9.17) is 0 Å². The van der Waals surface area contributed by atoms with Crippen molar-refractivity contribution in [2.45, 2.75) is 118 Å². The molecule has 3 saturated heterocycles. The van der Waals surface area contributed by atoms with E-state index in [0.717, 1.165) is 17.9 Å². The summed E-state index contributed by atoms with van der Waals surface area (Å²) in [5.41, 5.74) is 4.11. The molecule has 2 aromatic rings. The van der Waals surface area contributed by atoms with Gasteiger partial charge in [0.05, 0.1) is 19.4 Å². The molecule has 9 heteroatoms. The van der Waals surface area contributed by atoms with Gasteiger partial charge in [0.1, 0.15) is 0 Å². The summed E-state index contributed by atoms with van der Waals surface area (Å²) in [5, 5.41) is 3.28. The normalized spacial score (nSPS) is 19.2. The molecule has 2 aromatic carbocycles. The van der Waals surface area contributed by atoms with E-state index in [9.17, 15) is 0 Å². The van der Waals surface area contributed by atoms with Crippen molar-refractivity contribution in [2.75, 3.05) is 65.4 Å². The fourth-order valence-electron chi connectivity index (χ4n) is 7.68. The zero-order valence-corrected chi connectivity index (χ0v) is 40.8. The molecule has 6 nitrogen and oxygen atoms in total. The van der Waals surface area contributed by atoms with Crippen molar-refractivity contribution in [3.8, 4) is 0 Å². The molecule has 1 N–H and O–H groups in total. The first-order valence-corrected chi connectivity index (χ1v) is 25.5. The fraction of sp³-hybridized carbons (Fsp3) is 0.583. The summed E-state index contributed by atoms with van der Waals surface area (Å²) in [4.78, 5) is 10.1. The molecular weight excluding hydrogens is 830 g/mol. The average molecular weight is 913 g/mol. The molecule has 0 amide bonds. The van der Waals surface area contributed by atoms with Gasteiger partial charge in [-0.15, -0.1) is 0 Å². The Bertz CT molecular complexity index is 1280. The van der Waals surface area contributed by atoms with Crippen LogP contribution in [0.2, 0.25) is 0 Å². The van der Waals surface area contributed by atoms with E-state index in [-0.39, 0.29) is 0 Å².